The number of nitrogens with two attached hydrogens (primary N) is 1. The number of aromatic nitrogens is 2. The van der Waals surface area contributed by atoms with Crippen LogP contribution in [-0.4, -0.2) is 22.5 Å². The van der Waals surface area contributed by atoms with Crippen molar-refractivity contribution in [2.75, 3.05) is 12.3 Å². The van der Waals surface area contributed by atoms with Crippen LogP contribution < -0.4 is 5.73 Å². The molecule has 1 atom stereocenters. The lowest BCUT2D eigenvalue weighted by atomic mass is 10.2. The summed E-state index contributed by atoms with van der Waals surface area (Å²) in [5.74, 6) is 0. The van der Waals surface area contributed by atoms with Gasteiger partial charge in [-0.1, -0.05) is 0 Å². The van der Waals surface area contributed by atoms with Gasteiger partial charge in [0.15, 0.2) is 0 Å². The number of hydrogen-bond acceptors (Lipinski definition) is 3. The Labute approximate surface area is 77.7 Å². The van der Waals surface area contributed by atoms with Crippen molar-refractivity contribution < 1.29 is 4.74 Å². The average Bonchev–Trinajstić information content (AvgIpc) is 2.26. The van der Waals surface area contributed by atoms with Crippen LogP contribution in [0.25, 0.3) is 0 Å². The predicted octanol–water partition coefficient (Wildman–Crippen LogP) is 0.871. The molecule has 0 spiro atoms. The number of anilines is 1. The maximum atomic E-state index is 5.81. The molecular formula is C9H15N3O. The van der Waals surface area contributed by atoms with E-state index in [0.29, 0.717) is 6.10 Å². The molecule has 0 amide bonds. The maximum Gasteiger partial charge on any atom is 0.0825 e. The Kier molecular flexibility index (Phi) is 2.00. The smallest absolute Gasteiger partial charge is 0.0825 e. The second-order valence-corrected chi connectivity index (χ2v) is 3.55. The van der Waals surface area contributed by atoms with Gasteiger partial charge < -0.3 is 10.5 Å². The molecule has 4 nitrogen and oxygen atoms in total. The Morgan fingerprint density at radius 1 is 1.62 bits per heavy atom. The lowest BCUT2D eigenvalue weighted by Crippen LogP contribution is -2.31. The van der Waals surface area contributed by atoms with Gasteiger partial charge in [-0.05, 0) is 20.3 Å². The Morgan fingerprint density at radius 3 is 2.69 bits per heavy atom. The molecule has 1 aliphatic rings. The van der Waals surface area contributed by atoms with Crippen molar-refractivity contribution in [1.82, 2.24) is 9.78 Å². The Balaban J connectivity index is 2.14. The SMILES string of the molecule is Cc1nn(CC2CCO2)c(C)c1N. The van der Waals surface area contributed by atoms with E-state index in [1.807, 2.05) is 18.5 Å². The summed E-state index contributed by atoms with van der Waals surface area (Å²) in [6, 6.07) is 0. The zero-order valence-electron chi connectivity index (χ0n) is 8.08. The van der Waals surface area contributed by atoms with E-state index in [9.17, 15) is 0 Å². The maximum absolute atomic E-state index is 5.81. The summed E-state index contributed by atoms with van der Waals surface area (Å²) >= 11 is 0. The third-order valence-electron chi connectivity index (χ3n) is 2.61. The quantitative estimate of drug-likeness (QED) is 0.736. The van der Waals surface area contributed by atoms with Crippen molar-refractivity contribution in [3.05, 3.63) is 11.4 Å². The van der Waals surface area contributed by atoms with Crippen molar-refractivity contribution in [3.63, 3.8) is 0 Å². The summed E-state index contributed by atoms with van der Waals surface area (Å²) in [5.41, 5.74) is 8.58. The minimum Gasteiger partial charge on any atom is -0.396 e. The zero-order valence-corrected chi connectivity index (χ0v) is 8.08. The van der Waals surface area contributed by atoms with E-state index >= 15 is 0 Å². The Bertz CT molecular complexity index is 315. The van der Waals surface area contributed by atoms with Gasteiger partial charge in [-0.25, -0.2) is 0 Å². The number of aryl methyl sites for hydroxylation is 1. The summed E-state index contributed by atoms with van der Waals surface area (Å²) in [6.07, 6.45) is 1.48. The molecule has 2 rings (SSSR count). The van der Waals surface area contributed by atoms with Gasteiger partial charge in [-0.15, -0.1) is 0 Å². The van der Waals surface area contributed by atoms with Crippen molar-refractivity contribution >= 4 is 5.69 Å². The molecular weight excluding hydrogens is 166 g/mol. The van der Waals surface area contributed by atoms with E-state index in [2.05, 4.69) is 5.10 Å². The fourth-order valence-electron chi connectivity index (χ4n) is 1.51. The molecule has 72 valence electrons. The third kappa shape index (κ3) is 1.42. The highest BCUT2D eigenvalue weighted by Crippen LogP contribution is 2.18. The normalized spacial score (nSPS) is 21.5. The number of ether oxygens (including phenoxy) is 1. The molecule has 4 heteroatoms. The summed E-state index contributed by atoms with van der Waals surface area (Å²) in [5, 5.41) is 4.34. The summed E-state index contributed by atoms with van der Waals surface area (Å²) in [6.45, 7) is 5.65. The molecule has 0 aromatic carbocycles. The van der Waals surface area contributed by atoms with E-state index in [-0.39, 0.29) is 0 Å². The van der Waals surface area contributed by atoms with Gasteiger partial charge in [-0.3, -0.25) is 4.68 Å². The first kappa shape index (κ1) is 8.56. The van der Waals surface area contributed by atoms with E-state index in [1.165, 1.54) is 0 Å². The lowest BCUT2D eigenvalue weighted by Gasteiger charge is -2.26. The molecule has 1 aliphatic heterocycles. The largest absolute Gasteiger partial charge is 0.396 e. The standard InChI is InChI=1S/C9H15N3O/c1-6-9(10)7(2)12(11-6)5-8-3-4-13-8/h8H,3-5,10H2,1-2H3. The molecule has 1 aromatic heterocycles. The van der Waals surface area contributed by atoms with Gasteiger partial charge in [0.2, 0.25) is 0 Å². The minimum atomic E-state index is 0.345. The van der Waals surface area contributed by atoms with Crippen LogP contribution in [0.5, 0.6) is 0 Å². The minimum absolute atomic E-state index is 0.345. The number of nitrogen functional groups attached to an aromatic ring is 1. The van der Waals surface area contributed by atoms with Crippen LogP contribution in [0.3, 0.4) is 0 Å². The van der Waals surface area contributed by atoms with Crippen molar-refractivity contribution in [2.45, 2.75) is 32.9 Å². The summed E-state index contributed by atoms with van der Waals surface area (Å²) in [4.78, 5) is 0. The molecule has 0 aliphatic carbocycles. The first-order chi connectivity index (χ1) is 6.18. The van der Waals surface area contributed by atoms with E-state index in [1.54, 1.807) is 0 Å². The van der Waals surface area contributed by atoms with Crippen LogP contribution in [0.1, 0.15) is 17.8 Å². The lowest BCUT2D eigenvalue weighted by molar-refractivity contribution is -0.0611. The molecule has 2 heterocycles. The monoisotopic (exact) mass is 181 g/mol. The van der Waals surface area contributed by atoms with E-state index in [0.717, 1.165) is 36.6 Å². The van der Waals surface area contributed by atoms with Gasteiger partial charge in [0, 0.05) is 6.61 Å². The van der Waals surface area contributed by atoms with Crippen LogP contribution in [0.2, 0.25) is 0 Å². The molecule has 1 saturated heterocycles. The van der Waals surface area contributed by atoms with Gasteiger partial charge >= 0.3 is 0 Å². The van der Waals surface area contributed by atoms with Crippen LogP contribution in [-0.2, 0) is 11.3 Å². The molecule has 1 fully saturated rings. The van der Waals surface area contributed by atoms with Crippen molar-refractivity contribution in [2.24, 2.45) is 0 Å². The fraction of sp³-hybridized carbons (Fsp3) is 0.667. The summed E-state index contributed by atoms with van der Waals surface area (Å²) < 4.78 is 7.28. The van der Waals surface area contributed by atoms with Gasteiger partial charge in [0.05, 0.1) is 29.7 Å². The van der Waals surface area contributed by atoms with E-state index in [4.69, 9.17) is 10.5 Å². The first-order valence-electron chi connectivity index (χ1n) is 4.59. The highest BCUT2D eigenvalue weighted by atomic mass is 16.5. The predicted molar refractivity (Wildman–Crippen MR) is 50.5 cm³/mol. The zero-order chi connectivity index (χ0) is 9.42. The van der Waals surface area contributed by atoms with Gasteiger partial charge in [0.25, 0.3) is 0 Å². The van der Waals surface area contributed by atoms with Crippen molar-refractivity contribution in [3.8, 4) is 0 Å². The molecule has 0 bridgehead atoms. The van der Waals surface area contributed by atoms with E-state index < -0.39 is 0 Å². The molecule has 2 N–H and O–H groups in total. The van der Waals surface area contributed by atoms with Crippen LogP contribution >= 0.6 is 0 Å². The second-order valence-electron chi connectivity index (χ2n) is 3.55. The van der Waals surface area contributed by atoms with Gasteiger partial charge in [-0.2, -0.15) is 5.10 Å². The highest BCUT2D eigenvalue weighted by Gasteiger charge is 2.20. The molecule has 13 heavy (non-hydrogen) atoms. The first-order valence-corrected chi connectivity index (χ1v) is 4.59. The number of nitrogens with zero attached hydrogens (tertiary/aromatic N) is 2. The Hall–Kier alpha value is -1.03. The average molecular weight is 181 g/mol. The topological polar surface area (TPSA) is 53.1 Å². The molecule has 0 saturated carbocycles. The fourth-order valence-corrected chi connectivity index (χ4v) is 1.51. The van der Waals surface area contributed by atoms with Crippen LogP contribution in [0.15, 0.2) is 0 Å². The molecule has 0 radical (unpaired) electrons. The summed E-state index contributed by atoms with van der Waals surface area (Å²) in [7, 11) is 0. The second kappa shape index (κ2) is 3.03. The van der Waals surface area contributed by atoms with Crippen molar-refractivity contribution in [1.29, 1.82) is 0 Å². The molecule has 1 unspecified atom stereocenters. The van der Waals surface area contributed by atoms with Gasteiger partial charge in [0.1, 0.15) is 0 Å². The van der Waals surface area contributed by atoms with Crippen LogP contribution in [0.4, 0.5) is 5.69 Å². The highest BCUT2D eigenvalue weighted by molar-refractivity contribution is 5.46. The molecule has 1 aromatic rings. The number of hydrogen-bond donors (Lipinski definition) is 1. The Morgan fingerprint density at radius 2 is 2.31 bits per heavy atom. The number of rotatable bonds is 2. The van der Waals surface area contributed by atoms with Crippen LogP contribution in [0, 0.1) is 13.8 Å². The third-order valence-corrected chi connectivity index (χ3v) is 2.61.